The van der Waals surface area contributed by atoms with Gasteiger partial charge in [0.25, 0.3) is 5.91 Å². The topological polar surface area (TPSA) is 67.0 Å². The van der Waals surface area contributed by atoms with E-state index in [2.05, 4.69) is 22.2 Å². The molecule has 25 heavy (non-hydrogen) atoms. The lowest BCUT2D eigenvalue weighted by atomic mass is 9.65. The highest BCUT2D eigenvalue weighted by Gasteiger charge is 2.53. The number of rotatable bonds is 3. The summed E-state index contributed by atoms with van der Waals surface area (Å²) in [4.78, 5) is 18.3. The van der Waals surface area contributed by atoms with Crippen LogP contribution in [0.3, 0.4) is 0 Å². The van der Waals surface area contributed by atoms with Crippen molar-refractivity contribution in [2.75, 3.05) is 6.61 Å². The molecular formula is C17H18F3N3O2. The van der Waals surface area contributed by atoms with E-state index < -0.39 is 12.0 Å². The number of aromatic nitrogens is 2. The van der Waals surface area contributed by atoms with Crippen LogP contribution in [-0.2, 0) is 10.9 Å². The lowest BCUT2D eigenvalue weighted by Gasteiger charge is -2.47. The maximum atomic E-state index is 12.7. The summed E-state index contributed by atoms with van der Waals surface area (Å²) >= 11 is 0. The average Bonchev–Trinajstić information content (AvgIpc) is 3.16. The van der Waals surface area contributed by atoms with Crippen LogP contribution in [0.2, 0.25) is 0 Å². The van der Waals surface area contributed by atoms with Gasteiger partial charge in [0.05, 0.1) is 17.1 Å². The first-order valence-electron chi connectivity index (χ1n) is 8.38. The van der Waals surface area contributed by atoms with Gasteiger partial charge < -0.3 is 15.0 Å². The number of hydrogen-bond acceptors (Lipinski definition) is 3. The minimum atomic E-state index is -4.54. The van der Waals surface area contributed by atoms with E-state index in [9.17, 15) is 18.0 Å². The molecule has 2 aromatic rings. The second-order valence-electron chi connectivity index (χ2n) is 6.67. The minimum absolute atomic E-state index is 0.0631. The molecule has 2 fully saturated rings. The Labute approximate surface area is 142 Å². The molecule has 1 amide bonds. The van der Waals surface area contributed by atoms with Crippen molar-refractivity contribution in [1.29, 1.82) is 0 Å². The quantitative estimate of drug-likeness (QED) is 0.891. The fourth-order valence-electron chi connectivity index (χ4n) is 4.05. The summed E-state index contributed by atoms with van der Waals surface area (Å²) in [6.45, 7) is 2.79. The van der Waals surface area contributed by atoms with Crippen LogP contribution in [-0.4, -0.2) is 34.6 Å². The number of imidazole rings is 1. The molecule has 0 radical (unpaired) electrons. The molecule has 5 nitrogen and oxygen atoms in total. The van der Waals surface area contributed by atoms with Gasteiger partial charge in [0, 0.05) is 30.0 Å². The maximum absolute atomic E-state index is 12.7. The fraction of sp³-hybridized carbons (Fsp3) is 0.529. The summed E-state index contributed by atoms with van der Waals surface area (Å²) in [6, 6.07) is 4.40. The second kappa shape index (κ2) is 5.72. The van der Waals surface area contributed by atoms with Crippen LogP contribution in [0.1, 0.15) is 35.9 Å². The molecule has 1 aromatic heterocycles. The first-order valence-corrected chi connectivity index (χ1v) is 8.38. The number of carbonyl (C=O) groups is 1. The lowest BCUT2D eigenvalue weighted by Crippen LogP contribution is -2.61. The predicted molar refractivity (Wildman–Crippen MR) is 84.0 cm³/mol. The monoisotopic (exact) mass is 353 g/mol. The van der Waals surface area contributed by atoms with Gasteiger partial charge in [0.1, 0.15) is 0 Å². The molecule has 4 atom stereocenters. The SMILES string of the molecule is CC[C@H]1[C@H](NC(=O)c2ccc3nc(C(F)(F)F)[nH]c3c2)[C@H]2CCO[C@H]21. The molecule has 2 N–H and O–H groups in total. The first-order chi connectivity index (χ1) is 11.9. The van der Waals surface area contributed by atoms with Crippen LogP contribution < -0.4 is 5.32 Å². The molecule has 2 heterocycles. The summed E-state index contributed by atoms with van der Waals surface area (Å²) in [7, 11) is 0. The standard InChI is InChI=1S/C17H18F3N3O2/c1-2-9-13(10-5-6-25-14(9)10)23-15(24)8-3-4-11-12(7-8)22-16(21-11)17(18,19)20/h3-4,7,9-10,13-14H,2,5-6H2,1H3,(H,21,22)(H,23,24)/t9-,10+,13-,14-/m0/s1. The van der Waals surface area contributed by atoms with Gasteiger partial charge in [-0.05, 0) is 31.0 Å². The van der Waals surface area contributed by atoms with E-state index in [0.29, 0.717) is 17.4 Å². The minimum Gasteiger partial charge on any atom is -0.377 e. The summed E-state index contributed by atoms with van der Waals surface area (Å²) < 4.78 is 43.9. The molecular weight excluding hydrogens is 335 g/mol. The summed E-state index contributed by atoms with van der Waals surface area (Å²) in [5.74, 6) is -0.708. The largest absolute Gasteiger partial charge is 0.449 e. The van der Waals surface area contributed by atoms with Crippen molar-refractivity contribution < 1.29 is 22.7 Å². The Morgan fingerprint density at radius 2 is 2.24 bits per heavy atom. The van der Waals surface area contributed by atoms with E-state index >= 15 is 0 Å². The highest BCUT2D eigenvalue weighted by atomic mass is 19.4. The number of H-pyrrole nitrogens is 1. The van der Waals surface area contributed by atoms with E-state index in [0.717, 1.165) is 19.4 Å². The number of nitrogens with one attached hydrogen (secondary N) is 2. The Hall–Kier alpha value is -2.09. The highest BCUT2D eigenvalue weighted by Crippen LogP contribution is 2.45. The molecule has 1 saturated heterocycles. The van der Waals surface area contributed by atoms with Crippen molar-refractivity contribution >= 4 is 16.9 Å². The average molecular weight is 353 g/mol. The van der Waals surface area contributed by atoms with Crippen LogP contribution in [0, 0.1) is 11.8 Å². The Morgan fingerprint density at radius 3 is 2.96 bits per heavy atom. The number of benzene rings is 1. The third-order valence-corrected chi connectivity index (χ3v) is 5.31. The van der Waals surface area contributed by atoms with Gasteiger partial charge in [0.15, 0.2) is 0 Å². The van der Waals surface area contributed by atoms with Crippen molar-refractivity contribution in [3.63, 3.8) is 0 Å². The molecule has 2 aliphatic rings. The van der Waals surface area contributed by atoms with Gasteiger partial charge >= 0.3 is 6.18 Å². The Kier molecular flexibility index (Phi) is 3.75. The van der Waals surface area contributed by atoms with Gasteiger partial charge in [-0.2, -0.15) is 13.2 Å². The number of nitrogens with zero attached hydrogens (tertiary/aromatic N) is 1. The van der Waals surface area contributed by atoms with Gasteiger partial charge in [0.2, 0.25) is 5.82 Å². The number of aromatic amines is 1. The normalized spacial score (nSPS) is 28.6. The van der Waals surface area contributed by atoms with E-state index in [1.54, 1.807) is 0 Å². The van der Waals surface area contributed by atoms with Crippen LogP contribution in [0.5, 0.6) is 0 Å². The fourth-order valence-corrected chi connectivity index (χ4v) is 4.05. The zero-order chi connectivity index (χ0) is 17.8. The Morgan fingerprint density at radius 1 is 1.44 bits per heavy atom. The predicted octanol–water partition coefficient (Wildman–Crippen LogP) is 3.13. The first kappa shape index (κ1) is 16.4. The number of amides is 1. The van der Waals surface area contributed by atoms with E-state index in [1.165, 1.54) is 18.2 Å². The van der Waals surface area contributed by atoms with E-state index in [4.69, 9.17) is 4.74 Å². The number of halogens is 3. The smallest absolute Gasteiger partial charge is 0.377 e. The van der Waals surface area contributed by atoms with Crippen molar-refractivity contribution in [3.05, 3.63) is 29.6 Å². The molecule has 1 saturated carbocycles. The molecule has 134 valence electrons. The number of hydrogen-bond donors (Lipinski definition) is 2. The van der Waals surface area contributed by atoms with Crippen LogP contribution >= 0.6 is 0 Å². The summed E-state index contributed by atoms with van der Waals surface area (Å²) in [6.07, 6.45) is -2.47. The molecule has 0 unspecified atom stereocenters. The third kappa shape index (κ3) is 2.68. The van der Waals surface area contributed by atoms with Crippen LogP contribution in [0.15, 0.2) is 18.2 Å². The van der Waals surface area contributed by atoms with Crippen molar-refractivity contribution in [2.45, 2.75) is 38.1 Å². The molecule has 0 bridgehead atoms. The Balaban J connectivity index is 1.54. The van der Waals surface area contributed by atoms with Crippen LogP contribution in [0.25, 0.3) is 11.0 Å². The third-order valence-electron chi connectivity index (χ3n) is 5.31. The second-order valence-corrected chi connectivity index (χ2v) is 6.67. The zero-order valence-corrected chi connectivity index (χ0v) is 13.6. The van der Waals surface area contributed by atoms with Gasteiger partial charge in [-0.1, -0.05) is 6.92 Å². The molecule has 0 spiro atoms. The maximum Gasteiger partial charge on any atom is 0.449 e. The molecule has 1 aliphatic carbocycles. The molecule has 8 heteroatoms. The van der Waals surface area contributed by atoms with Gasteiger partial charge in [-0.3, -0.25) is 4.79 Å². The number of ether oxygens (including phenoxy) is 1. The lowest BCUT2D eigenvalue weighted by molar-refractivity contribution is -0.144. The molecule has 4 rings (SSSR count). The number of alkyl halides is 3. The van der Waals surface area contributed by atoms with Gasteiger partial charge in [-0.25, -0.2) is 4.98 Å². The number of fused-ring (bicyclic) bond motifs is 2. The summed E-state index contributed by atoms with van der Waals surface area (Å²) in [5.41, 5.74) is 0.702. The summed E-state index contributed by atoms with van der Waals surface area (Å²) in [5, 5.41) is 3.03. The molecule has 1 aliphatic heterocycles. The highest BCUT2D eigenvalue weighted by molar-refractivity contribution is 5.97. The van der Waals surface area contributed by atoms with Gasteiger partial charge in [-0.15, -0.1) is 0 Å². The molecule has 1 aromatic carbocycles. The Bertz CT molecular complexity index is 817. The zero-order valence-electron chi connectivity index (χ0n) is 13.6. The van der Waals surface area contributed by atoms with E-state index in [1.807, 2.05) is 0 Å². The van der Waals surface area contributed by atoms with E-state index in [-0.39, 0.29) is 29.1 Å². The number of carbonyl (C=O) groups excluding carboxylic acids is 1. The van der Waals surface area contributed by atoms with Crippen LogP contribution in [0.4, 0.5) is 13.2 Å². The van der Waals surface area contributed by atoms with Crippen molar-refractivity contribution in [3.8, 4) is 0 Å². The van der Waals surface area contributed by atoms with Crippen molar-refractivity contribution in [1.82, 2.24) is 15.3 Å². The van der Waals surface area contributed by atoms with Crippen molar-refractivity contribution in [2.24, 2.45) is 11.8 Å².